The minimum atomic E-state index is -5.06. The Morgan fingerprint density at radius 3 is 1.65 bits per heavy atom. The monoisotopic (exact) mass is 738 g/mol. The highest BCUT2D eigenvalue weighted by atomic mass is 32.1. The van der Waals surface area contributed by atoms with Gasteiger partial charge in [0.1, 0.15) is 35.3 Å². The van der Waals surface area contributed by atoms with Crippen LogP contribution in [0.3, 0.4) is 0 Å². The van der Waals surface area contributed by atoms with Crippen molar-refractivity contribution in [3.05, 3.63) is 165 Å². The quantitative estimate of drug-likeness (QED) is 0.131. The number of anilines is 3. The predicted molar refractivity (Wildman–Crippen MR) is 203 cm³/mol. The third-order valence-corrected chi connectivity index (χ3v) is 9.60. The fraction of sp³-hybridized carbons (Fsp3) is 0.0930. The molecule has 5 aromatic rings. The Morgan fingerprint density at radius 1 is 0.685 bits per heavy atom. The molecule has 11 heteroatoms. The van der Waals surface area contributed by atoms with E-state index in [2.05, 4.69) is 4.90 Å². The van der Waals surface area contributed by atoms with Crippen LogP contribution in [0.2, 0.25) is 0 Å². The average molecular weight is 739 g/mol. The number of rotatable bonds is 10. The SMILES string of the molecule is COc1ccc(N(c2ccc(/C=C/c3ccc(/C=C/C4=C(C#N)C(=C(C#N)C#N)OC4(c4ccccc4)C(F)(F)F)s3)cc2)c2ccc(OC)cc2)cc1. The van der Waals surface area contributed by atoms with Crippen molar-refractivity contribution in [2.75, 3.05) is 19.1 Å². The van der Waals surface area contributed by atoms with Gasteiger partial charge in [-0.2, -0.15) is 29.0 Å². The molecule has 0 bridgehead atoms. The number of nitriles is 3. The molecule has 1 atom stereocenters. The molecule has 2 heterocycles. The van der Waals surface area contributed by atoms with Crippen LogP contribution in [0.1, 0.15) is 20.9 Å². The van der Waals surface area contributed by atoms with Gasteiger partial charge in [0.2, 0.25) is 0 Å². The molecule has 266 valence electrons. The number of hydrogen-bond donors (Lipinski definition) is 0. The third-order valence-electron chi connectivity index (χ3n) is 8.59. The molecule has 0 N–H and O–H groups in total. The van der Waals surface area contributed by atoms with Gasteiger partial charge in [-0.05, 0) is 90.5 Å². The Morgan fingerprint density at radius 2 is 1.19 bits per heavy atom. The van der Waals surface area contributed by atoms with Crippen LogP contribution in [-0.2, 0) is 10.3 Å². The van der Waals surface area contributed by atoms with Gasteiger partial charge in [0, 0.05) is 38.0 Å². The summed E-state index contributed by atoms with van der Waals surface area (Å²) in [5.41, 5.74) is -1.50. The number of ether oxygens (including phenoxy) is 3. The molecular formula is C43H29F3N4O3S. The maximum absolute atomic E-state index is 15.1. The molecule has 6 rings (SSSR count). The van der Waals surface area contributed by atoms with E-state index in [0.29, 0.717) is 4.88 Å². The number of methoxy groups -OCH3 is 2. The second-order valence-corrected chi connectivity index (χ2v) is 12.9. The van der Waals surface area contributed by atoms with Crippen LogP contribution in [0.5, 0.6) is 11.5 Å². The highest BCUT2D eigenvalue weighted by Gasteiger charge is 2.65. The van der Waals surface area contributed by atoms with Crippen molar-refractivity contribution in [1.29, 1.82) is 15.8 Å². The van der Waals surface area contributed by atoms with Gasteiger partial charge in [0.25, 0.3) is 5.60 Å². The van der Waals surface area contributed by atoms with Gasteiger partial charge < -0.3 is 19.1 Å². The molecule has 1 aromatic heterocycles. The molecule has 0 spiro atoms. The van der Waals surface area contributed by atoms with Crippen molar-refractivity contribution in [2.45, 2.75) is 11.8 Å². The number of allylic oxidation sites excluding steroid dienone is 2. The Bertz CT molecular complexity index is 2330. The normalized spacial score (nSPS) is 15.4. The van der Waals surface area contributed by atoms with Gasteiger partial charge >= 0.3 is 6.18 Å². The minimum absolute atomic E-state index is 0.299. The van der Waals surface area contributed by atoms with Gasteiger partial charge in [-0.1, -0.05) is 54.6 Å². The van der Waals surface area contributed by atoms with Crippen molar-refractivity contribution in [1.82, 2.24) is 0 Å². The van der Waals surface area contributed by atoms with Crippen molar-refractivity contribution < 1.29 is 27.4 Å². The van der Waals surface area contributed by atoms with Crippen LogP contribution in [0.25, 0.3) is 18.2 Å². The van der Waals surface area contributed by atoms with Crippen molar-refractivity contribution >= 4 is 46.6 Å². The van der Waals surface area contributed by atoms with E-state index < -0.39 is 34.3 Å². The molecule has 0 saturated carbocycles. The van der Waals surface area contributed by atoms with Gasteiger partial charge in [0.05, 0.1) is 14.2 Å². The predicted octanol–water partition coefficient (Wildman–Crippen LogP) is 11.0. The zero-order valence-electron chi connectivity index (χ0n) is 28.8. The minimum Gasteiger partial charge on any atom is -0.497 e. The largest absolute Gasteiger partial charge is 0.497 e. The van der Waals surface area contributed by atoms with E-state index in [-0.39, 0.29) is 5.56 Å². The number of alkyl halides is 3. The first-order valence-corrected chi connectivity index (χ1v) is 17.1. The maximum atomic E-state index is 15.1. The lowest BCUT2D eigenvalue weighted by molar-refractivity contribution is -0.249. The van der Waals surface area contributed by atoms with Gasteiger partial charge in [0.15, 0.2) is 11.3 Å². The Balaban J connectivity index is 1.28. The van der Waals surface area contributed by atoms with Crippen molar-refractivity contribution in [3.8, 4) is 29.7 Å². The molecule has 0 aliphatic carbocycles. The summed E-state index contributed by atoms with van der Waals surface area (Å²) in [6, 6.07) is 38.8. The summed E-state index contributed by atoms with van der Waals surface area (Å²) in [6.07, 6.45) is 1.41. The molecule has 1 aliphatic rings. The van der Waals surface area contributed by atoms with E-state index in [4.69, 9.17) is 14.2 Å². The van der Waals surface area contributed by atoms with E-state index in [1.165, 1.54) is 47.8 Å². The zero-order valence-corrected chi connectivity index (χ0v) is 29.7. The average Bonchev–Trinajstić information content (AvgIpc) is 3.81. The lowest BCUT2D eigenvalue weighted by Crippen LogP contribution is -2.43. The fourth-order valence-electron chi connectivity index (χ4n) is 5.97. The van der Waals surface area contributed by atoms with Crippen LogP contribution in [0, 0.1) is 34.0 Å². The smallest absolute Gasteiger partial charge is 0.437 e. The number of nitrogens with zero attached hydrogens (tertiary/aromatic N) is 4. The Labute approximate surface area is 314 Å². The van der Waals surface area contributed by atoms with E-state index in [1.807, 2.05) is 91.0 Å². The molecular weight excluding hydrogens is 710 g/mol. The fourth-order valence-corrected chi connectivity index (χ4v) is 6.79. The van der Waals surface area contributed by atoms with Crippen LogP contribution < -0.4 is 14.4 Å². The van der Waals surface area contributed by atoms with Crippen molar-refractivity contribution in [2.24, 2.45) is 0 Å². The molecule has 0 saturated heterocycles. The van der Waals surface area contributed by atoms with Crippen LogP contribution in [0.15, 0.2) is 144 Å². The van der Waals surface area contributed by atoms with Crippen LogP contribution in [-0.4, -0.2) is 20.4 Å². The Hall–Kier alpha value is -7.00. The van der Waals surface area contributed by atoms with Gasteiger partial charge in [-0.25, -0.2) is 0 Å². The molecule has 4 aromatic carbocycles. The van der Waals surface area contributed by atoms with Crippen LogP contribution in [0.4, 0.5) is 30.2 Å². The van der Waals surface area contributed by atoms with Crippen LogP contribution >= 0.6 is 11.3 Å². The zero-order chi connectivity index (χ0) is 38.3. The number of thiophene rings is 1. The lowest BCUT2D eigenvalue weighted by atomic mass is 9.84. The second-order valence-electron chi connectivity index (χ2n) is 11.7. The Kier molecular flexibility index (Phi) is 10.7. The summed E-state index contributed by atoms with van der Waals surface area (Å²) in [4.78, 5) is 3.54. The highest BCUT2D eigenvalue weighted by Crippen LogP contribution is 2.56. The summed E-state index contributed by atoms with van der Waals surface area (Å²) < 4.78 is 61.4. The topological polar surface area (TPSA) is 102 Å². The lowest BCUT2D eigenvalue weighted by Gasteiger charge is -2.33. The first-order valence-electron chi connectivity index (χ1n) is 16.3. The van der Waals surface area contributed by atoms with E-state index in [1.54, 1.807) is 44.6 Å². The van der Waals surface area contributed by atoms with E-state index >= 15 is 13.2 Å². The third kappa shape index (κ3) is 7.20. The van der Waals surface area contributed by atoms with Crippen molar-refractivity contribution in [3.63, 3.8) is 0 Å². The number of hydrogen-bond acceptors (Lipinski definition) is 8. The molecule has 7 nitrogen and oxygen atoms in total. The summed E-state index contributed by atoms with van der Waals surface area (Å²) in [5, 5.41) is 29.0. The first kappa shape index (κ1) is 36.8. The van der Waals surface area contributed by atoms with Gasteiger partial charge in [-0.3, -0.25) is 0 Å². The summed E-state index contributed by atoms with van der Waals surface area (Å²) in [5.74, 6) is 0.783. The number of halogens is 3. The first-order chi connectivity index (χ1) is 26.1. The number of benzene rings is 4. The molecule has 0 fully saturated rings. The molecule has 1 unspecified atom stereocenters. The molecule has 0 radical (unpaired) electrons. The summed E-state index contributed by atoms with van der Waals surface area (Å²) in [7, 11) is 3.24. The molecule has 54 heavy (non-hydrogen) atoms. The standard InChI is InChI=1S/C43H29F3N4O3S/c1-51-35-17-13-33(14-18-35)50(34-15-19-36(52-2)20-16-34)32-11-8-29(9-12-32)10-21-37-22-23-38(54-37)24-25-40-39(28-49)41(30(26-47)27-48)53-42(40,43(44,45)46)31-6-4-3-5-7-31/h3-25H,1-2H3/b21-10+,25-24+. The maximum Gasteiger partial charge on any atom is 0.437 e. The van der Waals surface area contributed by atoms with E-state index in [9.17, 15) is 15.8 Å². The van der Waals surface area contributed by atoms with E-state index in [0.717, 1.165) is 39.0 Å². The second kappa shape index (κ2) is 15.7. The highest BCUT2D eigenvalue weighted by molar-refractivity contribution is 7.13. The summed E-state index contributed by atoms with van der Waals surface area (Å²) in [6.45, 7) is 0. The molecule has 0 amide bonds. The molecule has 1 aliphatic heterocycles. The summed E-state index contributed by atoms with van der Waals surface area (Å²) >= 11 is 1.33. The van der Waals surface area contributed by atoms with Gasteiger partial charge in [-0.15, -0.1) is 11.3 Å².